The number of rotatable bonds is 4. The van der Waals surface area contributed by atoms with Crippen molar-refractivity contribution in [3.05, 3.63) is 69.8 Å². The van der Waals surface area contributed by atoms with E-state index in [1.807, 2.05) is 30.4 Å². The number of carbonyl (C=O) groups excluding carboxylic acids is 2. The van der Waals surface area contributed by atoms with Crippen LogP contribution >= 0.6 is 0 Å². The molecule has 3 rings (SSSR count). The van der Waals surface area contributed by atoms with E-state index < -0.39 is 0 Å². The van der Waals surface area contributed by atoms with Crippen molar-refractivity contribution in [2.45, 2.75) is 46.0 Å². The average Bonchev–Trinajstić information content (AvgIpc) is 2.64. The molecule has 3 heteroatoms. The van der Waals surface area contributed by atoms with Crippen molar-refractivity contribution in [1.82, 2.24) is 0 Å². The molecule has 0 unspecified atom stereocenters. The lowest BCUT2D eigenvalue weighted by Crippen LogP contribution is -2.27. The van der Waals surface area contributed by atoms with Gasteiger partial charge < -0.3 is 4.74 Å². The maximum atomic E-state index is 12.4. The molecule has 0 N–H and O–H groups in total. The van der Waals surface area contributed by atoms with Gasteiger partial charge in [-0.15, -0.1) is 0 Å². The van der Waals surface area contributed by atoms with Gasteiger partial charge >= 0.3 is 5.97 Å². The van der Waals surface area contributed by atoms with E-state index in [4.69, 9.17) is 4.74 Å². The lowest BCUT2D eigenvalue weighted by molar-refractivity contribution is 0.0526. The van der Waals surface area contributed by atoms with Gasteiger partial charge in [-0.05, 0) is 66.1 Å². The fourth-order valence-corrected chi connectivity index (χ4v) is 3.52. The zero-order valence-corrected chi connectivity index (χ0v) is 16.5. The van der Waals surface area contributed by atoms with Crippen LogP contribution in [-0.2, 0) is 10.2 Å². The molecule has 140 valence electrons. The second-order valence-electron chi connectivity index (χ2n) is 7.74. The normalized spacial score (nSPS) is 15.6. The van der Waals surface area contributed by atoms with Crippen molar-refractivity contribution < 1.29 is 14.3 Å². The van der Waals surface area contributed by atoms with E-state index in [0.29, 0.717) is 18.6 Å². The Morgan fingerprint density at radius 2 is 1.85 bits per heavy atom. The van der Waals surface area contributed by atoms with Gasteiger partial charge in [0.2, 0.25) is 0 Å². The maximum Gasteiger partial charge on any atom is 0.338 e. The van der Waals surface area contributed by atoms with Crippen LogP contribution in [-0.4, -0.2) is 18.4 Å². The van der Waals surface area contributed by atoms with Crippen LogP contribution in [0.5, 0.6) is 0 Å². The molecule has 0 amide bonds. The minimum Gasteiger partial charge on any atom is -0.462 e. The van der Waals surface area contributed by atoms with Crippen molar-refractivity contribution in [1.29, 1.82) is 0 Å². The number of carbonyl (C=O) groups is 2. The van der Waals surface area contributed by atoms with E-state index in [1.165, 1.54) is 0 Å². The number of ether oxygens (including phenoxy) is 1. The minimum atomic E-state index is -0.306. The fraction of sp³-hybridized carbons (Fsp3) is 0.333. The molecule has 2 aromatic carbocycles. The zero-order valence-electron chi connectivity index (χ0n) is 16.5. The van der Waals surface area contributed by atoms with E-state index in [9.17, 15) is 9.59 Å². The summed E-state index contributed by atoms with van der Waals surface area (Å²) >= 11 is 0. The molecule has 0 heterocycles. The predicted octanol–water partition coefficient (Wildman–Crippen LogP) is 5.60. The van der Waals surface area contributed by atoms with Gasteiger partial charge in [0.1, 0.15) is 0 Å². The highest BCUT2D eigenvalue weighted by Gasteiger charge is 2.31. The van der Waals surface area contributed by atoms with Crippen LogP contribution in [0, 0.1) is 6.92 Å². The molecule has 0 saturated heterocycles. The van der Waals surface area contributed by atoms with Crippen molar-refractivity contribution >= 4 is 23.9 Å². The quantitative estimate of drug-likeness (QED) is 0.525. The van der Waals surface area contributed by atoms with Crippen LogP contribution in [0.2, 0.25) is 0 Å². The van der Waals surface area contributed by atoms with Crippen LogP contribution in [0.4, 0.5) is 0 Å². The Hall–Kier alpha value is -2.68. The Kier molecular flexibility index (Phi) is 5.31. The molecule has 0 atom stereocenters. The van der Waals surface area contributed by atoms with Gasteiger partial charge in [-0.2, -0.15) is 0 Å². The molecular formula is C24H26O3. The van der Waals surface area contributed by atoms with Gasteiger partial charge in [-0.25, -0.2) is 4.79 Å². The van der Waals surface area contributed by atoms with Gasteiger partial charge in [0.05, 0.1) is 12.2 Å². The first kappa shape index (κ1) is 19.1. The number of esters is 1. The van der Waals surface area contributed by atoms with Crippen LogP contribution < -0.4 is 0 Å². The summed E-state index contributed by atoms with van der Waals surface area (Å²) in [6.45, 7) is 8.66. The molecule has 3 nitrogen and oxygen atoms in total. The second kappa shape index (κ2) is 7.51. The average molecular weight is 362 g/mol. The number of ketones is 1. The van der Waals surface area contributed by atoms with Gasteiger partial charge in [-0.1, -0.05) is 44.2 Å². The van der Waals surface area contributed by atoms with E-state index in [0.717, 1.165) is 34.2 Å². The second-order valence-corrected chi connectivity index (χ2v) is 7.74. The largest absolute Gasteiger partial charge is 0.462 e. The highest BCUT2D eigenvalue weighted by molar-refractivity contribution is 6.00. The first-order valence-corrected chi connectivity index (χ1v) is 9.45. The van der Waals surface area contributed by atoms with Gasteiger partial charge in [0, 0.05) is 12.0 Å². The molecule has 2 aromatic rings. The van der Waals surface area contributed by atoms with Crippen LogP contribution in [0.25, 0.3) is 12.2 Å². The van der Waals surface area contributed by atoms with Crippen LogP contribution in [0.15, 0.2) is 36.4 Å². The number of hydrogen-bond donors (Lipinski definition) is 0. The summed E-state index contributed by atoms with van der Waals surface area (Å²) in [4.78, 5) is 24.1. The Labute approximate surface area is 161 Å². The fourth-order valence-electron chi connectivity index (χ4n) is 3.52. The van der Waals surface area contributed by atoms with E-state index >= 15 is 0 Å². The summed E-state index contributed by atoms with van der Waals surface area (Å²) < 4.78 is 5.00. The van der Waals surface area contributed by atoms with Gasteiger partial charge in [-0.3, -0.25) is 4.79 Å². The minimum absolute atomic E-state index is 0.0408. The van der Waals surface area contributed by atoms with E-state index in [2.05, 4.69) is 26.8 Å². The molecule has 0 radical (unpaired) electrons. The summed E-state index contributed by atoms with van der Waals surface area (Å²) in [5, 5.41) is 0. The molecule has 0 bridgehead atoms. The molecule has 27 heavy (non-hydrogen) atoms. The van der Waals surface area contributed by atoms with Gasteiger partial charge in [0.25, 0.3) is 0 Å². The first-order valence-electron chi connectivity index (χ1n) is 9.45. The molecule has 0 aromatic heterocycles. The summed E-state index contributed by atoms with van der Waals surface area (Å²) in [6, 6.07) is 11.5. The third-order valence-corrected chi connectivity index (χ3v) is 5.29. The summed E-state index contributed by atoms with van der Waals surface area (Å²) in [5.41, 5.74) is 5.81. The van der Waals surface area contributed by atoms with Crippen molar-refractivity contribution in [3.63, 3.8) is 0 Å². The summed E-state index contributed by atoms with van der Waals surface area (Å²) in [5.74, 6) is -0.0718. The monoisotopic (exact) mass is 362 g/mol. The van der Waals surface area contributed by atoms with Crippen molar-refractivity contribution in [2.75, 3.05) is 6.61 Å². The number of Topliss-reactive ketones (excluding diaryl/α,β-unsaturated/α-hetero) is 1. The summed E-state index contributed by atoms with van der Waals surface area (Å²) in [6.07, 6.45) is 5.55. The standard InChI is InChI=1S/C24H26O3/c1-5-27-23(26)18-9-6-17(7-10-18)8-11-19-15-20-21(14-16(19)2)24(3,4)13-12-22(20)25/h6-11,14-15H,5,12-13H2,1-4H3. The highest BCUT2D eigenvalue weighted by atomic mass is 16.5. The lowest BCUT2D eigenvalue weighted by atomic mass is 9.71. The maximum absolute atomic E-state index is 12.4. The first-order chi connectivity index (χ1) is 12.8. The van der Waals surface area contributed by atoms with Crippen LogP contribution in [0.3, 0.4) is 0 Å². The number of benzene rings is 2. The zero-order chi connectivity index (χ0) is 19.6. The molecule has 0 spiro atoms. The molecule has 1 aliphatic rings. The molecule has 0 saturated carbocycles. The topological polar surface area (TPSA) is 43.4 Å². The van der Waals surface area contributed by atoms with Crippen molar-refractivity contribution in [2.24, 2.45) is 0 Å². The molecular weight excluding hydrogens is 336 g/mol. The smallest absolute Gasteiger partial charge is 0.338 e. The number of aryl methyl sites for hydroxylation is 1. The Morgan fingerprint density at radius 3 is 2.52 bits per heavy atom. The molecule has 0 aliphatic heterocycles. The molecule has 1 aliphatic carbocycles. The van der Waals surface area contributed by atoms with E-state index in [1.54, 1.807) is 19.1 Å². The number of hydrogen-bond acceptors (Lipinski definition) is 3. The Morgan fingerprint density at radius 1 is 1.15 bits per heavy atom. The highest BCUT2D eigenvalue weighted by Crippen LogP contribution is 2.38. The lowest BCUT2D eigenvalue weighted by Gasteiger charge is -2.32. The third kappa shape index (κ3) is 4.02. The molecule has 0 fully saturated rings. The number of fused-ring (bicyclic) bond motifs is 1. The van der Waals surface area contributed by atoms with Crippen molar-refractivity contribution in [3.8, 4) is 0 Å². The SMILES string of the molecule is CCOC(=O)c1ccc(C=Cc2cc3c(cc2C)C(C)(C)CCC3=O)cc1. The Bertz CT molecular complexity index is 902. The summed E-state index contributed by atoms with van der Waals surface area (Å²) in [7, 11) is 0. The predicted molar refractivity (Wildman–Crippen MR) is 109 cm³/mol. The van der Waals surface area contributed by atoms with Gasteiger partial charge in [0.15, 0.2) is 5.78 Å². The van der Waals surface area contributed by atoms with Crippen LogP contribution in [0.1, 0.15) is 76.6 Å². The Balaban J connectivity index is 1.87. The third-order valence-electron chi connectivity index (χ3n) is 5.29. The van der Waals surface area contributed by atoms with E-state index in [-0.39, 0.29) is 17.2 Å².